The number of aliphatic carboxylic acids is 1. The highest BCUT2D eigenvalue weighted by Gasteiger charge is 2.18. The summed E-state index contributed by atoms with van der Waals surface area (Å²) in [7, 11) is 1.50. The monoisotopic (exact) mass is 311 g/mol. The number of fused-ring (bicyclic) bond motifs is 1. The molecule has 0 bridgehead atoms. The van der Waals surface area contributed by atoms with Crippen LogP contribution in [-0.4, -0.2) is 41.6 Å². The lowest BCUT2D eigenvalue weighted by Gasteiger charge is -2.11. The van der Waals surface area contributed by atoms with Crippen LogP contribution in [0.3, 0.4) is 0 Å². The third-order valence-corrected chi connectivity index (χ3v) is 4.17. The second kappa shape index (κ2) is 6.59. The predicted octanol–water partition coefficient (Wildman–Crippen LogP) is 1.17. The summed E-state index contributed by atoms with van der Waals surface area (Å²) in [5.41, 5.74) is 1.05. The molecule has 0 fully saturated rings. The number of nitrogens with one attached hydrogen (secondary N) is 2. The molecular weight excluding hydrogens is 297 g/mol. The minimum absolute atomic E-state index is 0.0394. The fourth-order valence-electron chi connectivity index (χ4n) is 1.80. The third-order valence-electron chi connectivity index (χ3n) is 2.97. The fraction of sp³-hybridized carbons (Fsp3) is 0.308. The molecule has 0 aliphatic rings. The first kappa shape index (κ1) is 15.3. The zero-order valence-corrected chi connectivity index (χ0v) is 12.0. The van der Waals surface area contributed by atoms with Gasteiger partial charge in [-0.15, -0.1) is 11.3 Å². The van der Waals surface area contributed by atoms with E-state index in [1.165, 1.54) is 13.2 Å². The number of amides is 1. The van der Waals surface area contributed by atoms with Crippen molar-refractivity contribution in [3.05, 3.63) is 28.8 Å². The number of hydrogen-bond donors (Lipinski definition) is 3. The van der Waals surface area contributed by atoms with Gasteiger partial charge in [0.1, 0.15) is 12.7 Å². The largest absolute Gasteiger partial charge is 0.480 e. The summed E-state index contributed by atoms with van der Waals surface area (Å²) in [4.78, 5) is 27.3. The first-order valence-corrected chi connectivity index (χ1v) is 7.00. The van der Waals surface area contributed by atoms with Crippen molar-refractivity contribution in [1.82, 2.24) is 15.6 Å². The molecule has 0 aliphatic heterocycles. The van der Waals surface area contributed by atoms with Gasteiger partial charge in [-0.25, -0.2) is 4.39 Å². The SMILES string of the molecule is CNC(CNC(=O)c1cc2nccc(CF)c2s1)C(=O)O. The van der Waals surface area contributed by atoms with Gasteiger partial charge in [-0.3, -0.25) is 14.6 Å². The van der Waals surface area contributed by atoms with E-state index in [4.69, 9.17) is 5.11 Å². The molecule has 2 heterocycles. The summed E-state index contributed by atoms with van der Waals surface area (Å²) in [6.07, 6.45) is 1.49. The third kappa shape index (κ3) is 3.34. The number of rotatable bonds is 6. The molecular formula is C13H14FN3O3S. The smallest absolute Gasteiger partial charge is 0.322 e. The van der Waals surface area contributed by atoms with Gasteiger partial charge in [-0.1, -0.05) is 0 Å². The number of likely N-dealkylation sites (N-methyl/N-ethyl adjacent to an activating group) is 1. The van der Waals surface area contributed by atoms with Gasteiger partial charge in [0.25, 0.3) is 5.91 Å². The van der Waals surface area contributed by atoms with Gasteiger partial charge in [-0.05, 0) is 19.2 Å². The van der Waals surface area contributed by atoms with Crippen molar-refractivity contribution in [2.75, 3.05) is 13.6 Å². The molecule has 2 aromatic heterocycles. The first-order valence-electron chi connectivity index (χ1n) is 6.18. The van der Waals surface area contributed by atoms with Crippen LogP contribution in [0.15, 0.2) is 18.3 Å². The Bertz CT molecular complexity index is 674. The van der Waals surface area contributed by atoms with E-state index in [1.807, 2.05) is 0 Å². The number of carbonyl (C=O) groups excluding carboxylic acids is 1. The quantitative estimate of drug-likeness (QED) is 0.745. The van der Waals surface area contributed by atoms with Crippen LogP contribution in [0.25, 0.3) is 10.2 Å². The molecule has 0 saturated carbocycles. The summed E-state index contributed by atoms with van der Waals surface area (Å²) < 4.78 is 13.5. The van der Waals surface area contributed by atoms with Crippen LogP contribution in [0.1, 0.15) is 15.2 Å². The number of pyridine rings is 1. The van der Waals surface area contributed by atoms with Crippen molar-refractivity contribution in [1.29, 1.82) is 0 Å². The lowest BCUT2D eigenvalue weighted by atomic mass is 10.2. The molecule has 1 atom stereocenters. The predicted molar refractivity (Wildman–Crippen MR) is 77.2 cm³/mol. The number of carbonyl (C=O) groups is 2. The summed E-state index contributed by atoms with van der Waals surface area (Å²) in [5.74, 6) is -1.44. The summed E-state index contributed by atoms with van der Waals surface area (Å²) in [6.45, 7) is -0.663. The van der Waals surface area contributed by atoms with Crippen molar-refractivity contribution >= 4 is 33.4 Å². The number of alkyl halides is 1. The number of carboxylic acids is 1. The zero-order valence-electron chi connectivity index (χ0n) is 11.2. The molecule has 3 N–H and O–H groups in total. The Kier molecular flexibility index (Phi) is 4.81. The van der Waals surface area contributed by atoms with E-state index in [0.717, 1.165) is 11.3 Å². The minimum atomic E-state index is -1.05. The Morgan fingerprint density at radius 2 is 2.29 bits per heavy atom. The topological polar surface area (TPSA) is 91.3 Å². The molecule has 112 valence electrons. The molecule has 0 spiro atoms. The van der Waals surface area contributed by atoms with Crippen LogP contribution >= 0.6 is 11.3 Å². The molecule has 0 aromatic carbocycles. The van der Waals surface area contributed by atoms with Crippen LogP contribution in [0.2, 0.25) is 0 Å². The second-order valence-electron chi connectivity index (χ2n) is 4.32. The van der Waals surface area contributed by atoms with Crippen LogP contribution in [-0.2, 0) is 11.5 Å². The minimum Gasteiger partial charge on any atom is -0.480 e. The van der Waals surface area contributed by atoms with Gasteiger partial charge in [0.05, 0.1) is 15.1 Å². The molecule has 2 aromatic rings. The molecule has 6 nitrogen and oxygen atoms in total. The van der Waals surface area contributed by atoms with E-state index >= 15 is 0 Å². The van der Waals surface area contributed by atoms with Gasteiger partial charge in [0.15, 0.2) is 0 Å². The fourth-order valence-corrected chi connectivity index (χ4v) is 2.83. The zero-order chi connectivity index (χ0) is 15.4. The van der Waals surface area contributed by atoms with Crippen molar-refractivity contribution in [2.24, 2.45) is 0 Å². The van der Waals surface area contributed by atoms with Gasteiger partial charge in [0.2, 0.25) is 0 Å². The summed E-state index contributed by atoms with van der Waals surface area (Å²) >= 11 is 1.14. The standard InChI is InChI=1S/C13H14FN3O3S/c1-15-9(13(19)20)6-17-12(18)10-4-8-11(21-10)7(5-14)2-3-16-8/h2-4,9,15H,5-6H2,1H3,(H,17,18)(H,19,20). The summed E-state index contributed by atoms with van der Waals surface area (Å²) in [5, 5.41) is 14.0. The highest BCUT2D eigenvalue weighted by atomic mass is 32.1. The maximum Gasteiger partial charge on any atom is 0.322 e. The lowest BCUT2D eigenvalue weighted by Crippen LogP contribution is -2.44. The molecule has 0 aliphatic carbocycles. The van der Waals surface area contributed by atoms with Crippen LogP contribution in [0.4, 0.5) is 4.39 Å². The van der Waals surface area contributed by atoms with E-state index in [1.54, 1.807) is 12.1 Å². The maximum absolute atomic E-state index is 12.9. The second-order valence-corrected chi connectivity index (χ2v) is 5.37. The van der Waals surface area contributed by atoms with Gasteiger partial charge >= 0.3 is 5.97 Å². The Balaban J connectivity index is 2.15. The highest BCUT2D eigenvalue weighted by Crippen LogP contribution is 2.27. The first-order chi connectivity index (χ1) is 10.1. The molecule has 1 unspecified atom stereocenters. The maximum atomic E-state index is 12.9. The Labute approximate surface area is 124 Å². The van der Waals surface area contributed by atoms with Crippen molar-refractivity contribution in [3.8, 4) is 0 Å². The molecule has 2 rings (SSSR count). The molecule has 0 radical (unpaired) electrons. The average molecular weight is 311 g/mol. The van der Waals surface area contributed by atoms with Gasteiger partial charge in [-0.2, -0.15) is 0 Å². The van der Waals surface area contributed by atoms with Crippen LogP contribution in [0, 0.1) is 0 Å². The number of halogens is 1. The average Bonchev–Trinajstić information content (AvgIpc) is 2.91. The molecule has 21 heavy (non-hydrogen) atoms. The van der Waals surface area contributed by atoms with E-state index < -0.39 is 24.6 Å². The lowest BCUT2D eigenvalue weighted by molar-refractivity contribution is -0.139. The van der Waals surface area contributed by atoms with Crippen molar-refractivity contribution in [2.45, 2.75) is 12.7 Å². The van der Waals surface area contributed by atoms with E-state index in [-0.39, 0.29) is 6.54 Å². The number of nitrogens with zero attached hydrogens (tertiary/aromatic N) is 1. The van der Waals surface area contributed by atoms with E-state index in [2.05, 4.69) is 15.6 Å². The van der Waals surface area contributed by atoms with Crippen molar-refractivity contribution in [3.63, 3.8) is 0 Å². The Morgan fingerprint density at radius 1 is 1.52 bits per heavy atom. The number of hydrogen-bond acceptors (Lipinski definition) is 5. The van der Waals surface area contributed by atoms with Crippen LogP contribution < -0.4 is 10.6 Å². The molecule has 1 amide bonds. The normalized spacial score (nSPS) is 12.3. The summed E-state index contributed by atoms with van der Waals surface area (Å²) in [6, 6.07) is 2.29. The van der Waals surface area contributed by atoms with E-state index in [0.29, 0.717) is 20.7 Å². The van der Waals surface area contributed by atoms with Crippen LogP contribution in [0.5, 0.6) is 0 Å². The number of carboxylic acid groups (broad SMARTS) is 1. The Morgan fingerprint density at radius 3 is 2.90 bits per heavy atom. The van der Waals surface area contributed by atoms with Gasteiger partial charge < -0.3 is 15.7 Å². The van der Waals surface area contributed by atoms with Crippen molar-refractivity contribution < 1.29 is 19.1 Å². The molecule has 0 saturated heterocycles. The number of aromatic nitrogens is 1. The Hall–Kier alpha value is -2.06. The highest BCUT2D eigenvalue weighted by molar-refractivity contribution is 7.21. The molecule has 8 heteroatoms. The number of thiophene rings is 1. The van der Waals surface area contributed by atoms with Gasteiger partial charge in [0, 0.05) is 18.3 Å². The van der Waals surface area contributed by atoms with E-state index in [9.17, 15) is 14.0 Å².